The highest BCUT2D eigenvalue weighted by Crippen LogP contribution is 2.22. The monoisotopic (exact) mass is 298 g/mol. The number of carbonyl (C=O) groups excluding carboxylic acids is 1. The molecule has 1 fully saturated rings. The summed E-state index contributed by atoms with van der Waals surface area (Å²) in [5.41, 5.74) is 2.06. The minimum absolute atomic E-state index is 0.0227. The summed E-state index contributed by atoms with van der Waals surface area (Å²) in [6.45, 7) is 2.69. The van der Waals surface area contributed by atoms with Crippen molar-refractivity contribution in [1.82, 2.24) is 19.9 Å². The van der Waals surface area contributed by atoms with Gasteiger partial charge in [-0.05, 0) is 25.5 Å². The van der Waals surface area contributed by atoms with Gasteiger partial charge >= 0.3 is 0 Å². The third kappa shape index (κ3) is 3.12. The Labute approximate surface area is 128 Å². The predicted octanol–water partition coefficient (Wildman–Crippen LogP) is 0.856. The number of hydrogen-bond donors (Lipinski definition) is 1. The van der Waals surface area contributed by atoms with Crippen molar-refractivity contribution in [3.05, 3.63) is 53.9 Å². The summed E-state index contributed by atoms with van der Waals surface area (Å²) in [7, 11) is 0. The Bertz CT molecular complexity index is 662. The van der Waals surface area contributed by atoms with Gasteiger partial charge in [0.15, 0.2) is 0 Å². The number of likely N-dealkylation sites (tertiary alicyclic amines) is 1. The first-order valence-electron chi connectivity index (χ1n) is 7.29. The van der Waals surface area contributed by atoms with E-state index in [1.165, 1.54) is 0 Å². The second-order valence-corrected chi connectivity index (χ2v) is 5.60. The molecule has 2 aromatic rings. The maximum absolute atomic E-state index is 12.5. The molecule has 3 heterocycles. The van der Waals surface area contributed by atoms with Crippen LogP contribution in [0, 0.1) is 12.8 Å². The van der Waals surface area contributed by atoms with Crippen molar-refractivity contribution in [2.45, 2.75) is 19.4 Å². The van der Waals surface area contributed by atoms with Gasteiger partial charge in [-0.25, -0.2) is 4.98 Å². The second-order valence-electron chi connectivity index (χ2n) is 5.60. The Hall–Kier alpha value is -2.34. The number of aliphatic hydroxyl groups excluding tert-OH is 1. The van der Waals surface area contributed by atoms with Crippen LogP contribution in [0.25, 0.3) is 0 Å². The lowest BCUT2D eigenvalue weighted by molar-refractivity contribution is 0.0758. The van der Waals surface area contributed by atoms with Crippen LogP contribution in [0.4, 0.5) is 0 Å². The van der Waals surface area contributed by atoms with Crippen LogP contribution in [0.3, 0.4) is 0 Å². The molecule has 2 atom stereocenters. The molecule has 1 aliphatic heterocycles. The molecule has 2 aromatic heterocycles. The number of carbonyl (C=O) groups is 1. The zero-order valence-corrected chi connectivity index (χ0v) is 12.4. The molecule has 0 unspecified atom stereocenters. The van der Waals surface area contributed by atoms with E-state index in [1.54, 1.807) is 29.6 Å². The first kappa shape index (κ1) is 14.6. The highest BCUT2D eigenvalue weighted by molar-refractivity contribution is 5.92. The number of amides is 1. The van der Waals surface area contributed by atoms with Gasteiger partial charge < -0.3 is 10.0 Å². The summed E-state index contributed by atoms with van der Waals surface area (Å²) in [5, 5.41) is 10.2. The van der Waals surface area contributed by atoms with Gasteiger partial charge in [0.25, 0.3) is 5.91 Å². The van der Waals surface area contributed by atoms with Gasteiger partial charge in [-0.15, -0.1) is 0 Å². The van der Waals surface area contributed by atoms with Crippen LogP contribution in [0.1, 0.15) is 21.9 Å². The largest absolute Gasteiger partial charge is 0.391 e. The third-order valence-corrected chi connectivity index (χ3v) is 3.89. The Morgan fingerprint density at radius 1 is 1.36 bits per heavy atom. The van der Waals surface area contributed by atoms with E-state index in [-0.39, 0.29) is 11.8 Å². The molecule has 0 aromatic carbocycles. The molecule has 1 saturated heterocycles. The number of nitrogens with zero attached hydrogens (tertiary/aromatic N) is 4. The van der Waals surface area contributed by atoms with Crippen molar-refractivity contribution in [3.8, 4) is 0 Å². The Balaban J connectivity index is 1.69. The third-order valence-electron chi connectivity index (χ3n) is 3.89. The number of hydrogen-bond acceptors (Lipinski definition) is 5. The summed E-state index contributed by atoms with van der Waals surface area (Å²) in [5.74, 6) is -0.158. The predicted molar refractivity (Wildman–Crippen MR) is 80.1 cm³/mol. The summed E-state index contributed by atoms with van der Waals surface area (Å²) in [4.78, 5) is 26.6. The first-order chi connectivity index (χ1) is 10.6. The highest BCUT2D eigenvalue weighted by atomic mass is 16.3. The fourth-order valence-corrected chi connectivity index (χ4v) is 2.75. The van der Waals surface area contributed by atoms with Crippen LogP contribution in [0.2, 0.25) is 0 Å². The molecule has 6 nitrogen and oxygen atoms in total. The molecular weight excluding hydrogens is 280 g/mol. The summed E-state index contributed by atoms with van der Waals surface area (Å²) in [6, 6.07) is 5.38. The van der Waals surface area contributed by atoms with E-state index in [2.05, 4.69) is 15.0 Å². The van der Waals surface area contributed by atoms with Gasteiger partial charge in [-0.1, -0.05) is 6.07 Å². The van der Waals surface area contributed by atoms with Crippen molar-refractivity contribution in [2.75, 3.05) is 13.1 Å². The maximum atomic E-state index is 12.5. The van der Waals surface area contributed by atoms with Crippen molar-refractivity contribution in [2.24, 2.45) is 5.92 Å². The van der Waals surface area contributed by atoms with Crippen molar-refractivity contribution in [1.29, 1.82) is 0 Å². The molecule has 0 radical (unpaired) electrons. The van der Waals surface area contributed by atoms with Crippen molar-refractivity contribution < 1.29 is 9.90 Å². The number of aromatic nitrogens is 3. The van der Waals surface area contributed by atoms with E-state index in [0.717, 1.165) is 11.4 Å². The van der Waals surface area contributed by atoms with Crippen LogP contribution in [0.5, 0.6) is 0 Å². The number of aliphatic hydroxyl groups is 1. The molecule has 1 N–H and O–H groups in total. The average molecular weight is 298 g/mol. The molecule has 22 heavy (non-hydrogen) atoms. The van der Waals surface area contributed by atoms with Gasteiger partial charge in [-0.2, -0.15) is 0 Å². The van der Waals surface area contributed by atoms with Gasteiger partial charge in [0.05, 0.1) is 11.8 Å². The quantitative estimate of drug-likeness (QED) is 0.909. The molecule has 0 spiro atoms. The van der Waals surface area contributed by atoms with E-state index in [0.29, 0.717) is 25.2 Å². The molecule has 114 valence electrons. The van der Waals surface area contributed by atoms with Crippen LogP contribution in [-0.4, -0.2) is 50.1 Å². The van der Waals surface area contributed by atoms with E-state index in [1.807, 2.05) is 19.1 Å². The Morgan fingerprint density at radius 3 is 2.95 bits per heavy atom. The summed E-state index contributed by atoms with van der Waals surface area (Å²) < 4.78 is 0. The second kappa shape index (κ2) is 6.19. The topological polar surface area (TPSA) is 79.2 Å². The van der Waals surface area contributed by atoms with E-state index in [4.69, 9.17) is 0 Å². The van der Waals surface area contributed by atoms with Crippen molar-refractivity contribution >= 4 is 5.91 Å². The van der Waals surface area contributed by atoms with Gasteiger partial charge in [0.1, 0.15) is 5.69 Å². The van der Waals surface area contributed by atoms with E-state index in [9.17, 15) is 9.90 Å². The molecule has 0 saturated carbocycles. The summed E-state index contributed by atoms with van der Waals surface area (Å²) in [6.07, 6.45) is 5.01. The van der Waals surface area contributed by atoms with Crippen LogP contribution >= 0.6 is 0 Å². The van der Waals surface area contributed by atoms with Crippen LogP contribution in [0.15, 0.2) is 36.8 Å². The smallest absolute Gasteiger partial charge is 0.272 e. The minimum atomic E-state index is -0.546. The zero-order valence-electron chi connectivity index (χ0n) is 12.4. The molecule has 3 rings (SSSR count). The van der Waals surface area contributed by atoms with Crippen molar-refractivity contribution in [3.63, 3.8) is 0 Å². The molecule has 1 amide bonds. The molecule has 6 heteroatoms. The first-order valence-corrected chi connectivity index (χ1v) is 7.29. The minimum Gasteiger partial charge on any atom is -0.391 e. The molecule has 1 aliphatic rings. The fraction of sp³-hybridized carbons (Fsp3) is 0.375. The molecule has 0 bridgehead atoms. The standard InChI is InChI=1S/C16H18N4O2/c1-11-3-2-4-14(19-11)16(22)20-9-12(15(21)10-20)7-13-8-17-5-6-18-13/h2-6,8,12,15,21H,7,9-10H2,1H3/t12-,15-/m1/s1. The lowest BCUT2D eigenvalue weighted by atomic mass is 10.0. The van der Waals surface area contributed by atoms with E-state index >= 15 is 0 Å². The van der Waals surface area contributed by atoms with Crippen LogP contribution < -0.4 is 0 Å². The Kier molecular flexibility index (Phi) is 4.11. The van der Waals surface area contributed by atoms with E-state index < -0.39 is 6.10 Å². The summed E-state index contributed by atoms with van der Waals surface area (Å²) >= 11 is 0. The molecule has 0 aliphatic carbocycles. The van der Waals surface area contributed by atoms with Gasteiger partial charge in [-0.3, -0.25) is 14.8 Å². The normalized spacial score (nSPS) is 21.1. The number of β-amino-alcohol motifs (C(OH)–C–C–N with tert-alkyl or cyclic N) is 1. The van der Waals surface area contributed by atoms with Gasteiger partial charge in [0, 0.05) is 43.3 Å². The highest BCUT2D eigenvalue weighted by Gasteiger charge is 2.35. The SMILES string of the molecule is Cc1cccc(C(=O)N2C[C@@H](Cc3cnccn3)[C@H](O)C2)n1. The van der Waals surface area contributed by atoms with Crippen LogP contribution in [-0.2, 0) is 6.42 Å². The lowest BCUT2D eigenvalue weighted by Gasteiger charge is -2.15. The molecular formula is C16H18N4O2. The number of aryl methyl sites for hydroxylation is 1. The maximum Gasteiger partial charge on any atom is 0.272 e. The zero-order chi connectivity index (χ0) is 15.5. The van der Waals surface area contributed by atoms with Gasteiger partial charge in [0.2, 0.25) is 0 Å². The Morgan fingerprint density at radius 2 is 2.23 bits per heavy atom. The lowest BCUT2D eigenvalue weighted by Crippen LogP contribution is -2.30. The average Bonchev–Trinajstić information content (AvgIpc) is 2.88. The fourth-order valence-electron chi connectivity index (χ4n) is 2.75. The number of rotatable bonds is 3. The number of pyridine rings is 1.